The molecule has 1 spiro atoms. The molecule has 2 heteroatoms. The van der Waals surface area contributed by atoms with Gasteiger partial charge in [-0.15, -0.1) is 0 Å². The molecule has 1 fully saturated rings. The van der Waals surface area contributed by atoms with Crippen LogP contribution in [0.3, 0.4) is 0 Å². The predicted molar refractivity (Wildman–Crippen MR) is 56.8 cm³/mol. The molecule has 0 unspecified atom stereocenters. The Morgan fingerprint density at radius 2 is 1.73 bits per heavy atom. The van der Waals surface area contributed by atoms with Crippen LogP contribution >= 0.6 is 0 Å². The van der Waals surface area contributed by atoms with E-state index in [1.54, 1.807) is 0 Å². The van der Waals surface area contributed by atoms with Gasteiger partial charge >= 0.3 is 0 Å². The smallest absolute Gasteiger partial charge is 0.138 e. The van der Waals surface area contributed by atoms with Gasteiger partial charge in [0.25, 0.3) is 0 Å². The highest BCUT2D eigenvalue weighted by Gasteiger charge is 2.41. The van der Waals surface area contributed by atoms with Crippen LogP contribution in [0.4, 0.5) is 0 Å². The molecule has 0 atom stereocenters. The Kier molecular flexibility index (Phi) is 1.93. The van der Waals surface area contributed by atoms with Crippen molar-refractivity contribution in [1.29, 1.82) is 0 Å². The normalized spacial score (nSPS) is 23.1. The van der Waals surface area contributed by atoms with Crippen LogP contribution in [0.5, 0.6) is 0 Å². The van der Waals surface area contributed by atoms with E-state index in [1.807, 2.05) is 0 Å². The summed E-state index contributed by atoms with van der Waals surface area (Å²) >= 11 is 0. The zero-order chi connectivity index (χ0) is 10.3. The number of ketones is 1. The van der Waals surface area contributed by atoms with Crippen LogP contribution in [0.15, 0.2) is 24.3 Å². The lowest BCUT2D eigenvalue weighted by atomic mass is 9.90. The summed E-state index contributed by atoms with van der Waals surface area (Å²) in [7, 11) is 0. The number of hydrogen-bond donors (Lipinski definition) is 0. The Bertz CT molecular complexity index is 384. The summed E-state index contributed by atoms with van der Waals surface area (Å²) in [6, 6.07) is 8.41. The molecule has 0 N–H and O–H groups in total. The van der Waals surface area contributed by atoms with E-state index in [0.717, 1.165) is 12.8 Å². The molecule has 1 heterocycles. The van der Waals surface area contributed by atoms with Crippen molar-refractivity contribution in [3.8, 4) is 0 Å². The summed E-state index contributed by atoms with van der Waals surface area (Å²) in [5.74, 6) is 0.356. The van der Waals surface area contributed by atoms with Gasteiger partial charge in [0, 0.05) is 25.7 Å². The van der Waals surface area contributed by atoms with Gasteiger partial charge in [-0.1, -0.05) is 24.3 Å². The molecule has 2 nitrogen and oxygen atoms in total. The molecule has 15 heavy (non-hydrogen) atoms. The number of Topliss-reactive ketones (excluding diaryl/α,β-unsaturated/α-hetero) is 1. The van der Waals surface area contributed by atoms with E-state index in [9.17, 15) is 4.79 Å². The third-order valence-corrected chi connectivity index (χ3v) is 3.45. The van der Waals surface area contributed by atoms with Crippen LogP contribution in [-0.4, -0.2) is 18.0 Å². The Morgan fingerprint density at radius 1 is 1.07 bits per heavy atom. The van der Waals surface area contributed by atoms with E-state index in [-0.39, 0.29) is 5.60 Å². The number of ether oxygens (including phenoxy) is 1. The van der Waals surface area contributed by atoms with Crippen molar-refractivity contribution in [2.24, 2.45) is 0 Å². The quantitative estimate of drug-likeness (QED) is 0.642. The monoisotopic (exact) mass is 202 g/mol. The molecular weight excluding hydrogens is 188 g/mol. The maximum atomic E-state index is 11.5. The van der Waals surface area contributed by atoms with Crippen molar-refractivity contribution in [2.75, 3.05) is 6.61 Å². The van der Waals surface area contributed by atoms with Crippen LogP contribution in [0.25, 0.3) is 0 Å². The van der Waals surface area contributed by atoms with Gasteiger partial charge in [-0.3, -0.25) is 4.79 Å². The molecule has 3 rings (SSSR count). The summed E-state index contributed by atoms with van der Waals surface area (Å²) in [6.45, 7) is 0.604. The molecule has 2 aliphatic rings. The minimum absolute atomic E-state index is 0.195. The highest BCUT2D eigenvalue weighted by atomic mass is 16.5. The fraction of sp³-hybridized carbons (Fsp3) is 0.462. The minimum Gasteiger partial charge on any atom is -0.373 e. The summed E-state index contributed by atoms with van der Waals surface area (Å²) in [4.78, 5) is 11.5. The van der Waals surface area contributed by atoms with Crippen molar-refractivity contribution >= 4 is 5.78 Å². The maximum absolute atomic E-state index is 11.5. The van der Waals surface area contributed by atoms with Crippen molar-refractivity contribution < 1.29 is 9.53 Å². The van der Waals surface area contributed by atoms with Gasteiger partial charge in [0.05, 0.1) is 12.2 Å². The number of rotatable bonds is 0. The molecule has 78 valence electrons. The van der Waals surface area contributed by atoms with Gasteiger partial charge in [0.2, 0.25) is 0 Å². The first kappa shape index (κ1) is 9.10. The van der Waals surface area contributed by atoms with E-state index >= 15 is 0 Å². The number of carbonyl (C=O) groups excluding carboxylic acids is 1. The highest BCUT2D eigenvalue weighted by Crippen LogP contribution is 2.37. The summed E-state index contributed by atoms with van der Waals surface area (Å²) in [5.41, 5.74) is 2.51. The molecule has 1 aliphatic heterocycles. The van der Waals surface area contributed by atoms with Crippen LogP contribution in [0, 0.1) is 0 Å². The third kappa shape index (κ3) is 1.49. The lowest BCUT2D eigenvalue weighted by Gasteiger charge is -2.32. The van der Waals surface area contributed by atoms with Gasteiger partial charge < -0.3 is 4.74 Å². The van der Waals surface area contributed by atoms with Gasteiger partial charge in [0.15, 0.2) is 0 Å². The van der Waals surface area contributed by atoms with Crippen LogP contribution < -0.4 is 0 Å². The van der Waals surface area contributed by atoms with Crippen LogP contribution in [0.2, 0.25) is 0 Å². The second kappa shape index (κ2) is 3.17. The molecule has 1 saturated heterocycles. The maximum Gasteiger partial charge on any atom is 0.138 e. The summed E-state index contributed by atoms with van der Waals surface area (Å²) in [5, 5.41) is 0. The molecule has 1 aromatic carbocycles. The van der Waals surface area contributed by atoms with Gasteiger partial charge in [-0.05, 0) is 11.1 Å². The minimum atomic E-state index is -0.195. The van der Waals surface area contributed by atoms with Crippen molar-refractivity contribution in [3.63, 3.8) is 0 Å². The highest BCUT2D eigenvalue weighted by molar-refractivity contribution is 5.80. The molecule has 0 bridgehead atoms. The molecule has 0 saturated carbocycles. The fourth-order valence-corrected chi connectivity index (χ4v) is 2.77. The first-order valence-electron chi connectivity index (χ1n) is 5.50. The Morgan fingerprint density at radius 3 is 2.33 bits per heavy atom. The van der Waals surface area contributed by atoms with E-state index in [2.05, 4.69) is 24.3 Å². The third-order valence-electron chi connectivity index (χ3n) is 3.45. The first-order chi connectivity index (χ1) is 7.27. The van der Waals surface area contributed by atoms with E-state index in [1.165, 1.54) is 11.1 Å². The van der Waals surface area contributed by atoms with Crippen molar-refractivity contribution in [3.05, 3.63) is 35.4 Å². The second-order valence-corrected chi connectivity index (χ2v) is 4.62. The van der Waals surface area contributed by atoms with Crippen LogP contribution in [0.1, 0.15) is 24.0 Å². The van der Waals surface area contributed by atoms with Gasteiger partial charge in [-0.2, -0.15) is 0 Å². The summed E-state index contributed by atoms with van der Waals surface area (Å²) < 4.78 is 5.86. The first-order valence-corrected chi connectivity index (χ1v) is 5.50. The number of hydrogen-bond acceptors (Lipinski definition) is 2. The Labute approximate surface area is 89.2 Å². The van der Waals surface area contributed by atoms with E-state index in [4.69, 9.17) is 4.74 Å². The Balaban J connectivity index is 1.90. The molecular formula is C13H14O2. The van der Waals surface area contributed by atoms with Gasteiger partial charge in [-0.25, -0.2) is 0 Å². The largest absolute Gasteiger partial charge is 0.373 e. The van der Waals surface area contributed by atoms with Crippen LogP contribution in [-0.2, 0) is 22.4 Å². The second-order valence-electron chi connectivity index (χ2n) is 4.62. The molecule has 0 aromatic heterocycles. The number of benzene rings is 1. The predicted octanol–water partition coefficient (Wildman–Crippen LogP) is 1.90. The van der Waals surface area contributed by atoms with E-state index < -0.39 is 0 Å². The van der Waals surface area contributed by atoms with Crippen molar-refractivity contribution in [2.45, 2.75) is 31.3 Å². The van der Waals surface area contributed by atoms with Crippen molar-refractivity contribution in [1.82, 2.24) is 0 Å². The zero-order valence-corrected chi connectivity index (χ0v) is 8.66. The lowest BCUT2D eigenvalue weighted by molar-refractivity contribution is -0.138. The number of fused-ring (bicyclic) bond motifs is 1. The number of carbonyl (C=O) groups is 1. The molecule has 0 radical (unpaired) electrons. The molecule has 1 aliphatic carbocycles. The average molecular weight is 202 g/mol. The fourth-order valence-electron chi connectivity index (χ4n) is 2.77. The van der Waals surface area contributed by atoms with E-state index in [0.29, 0.717) is 25.2 Å². The standard InChI is InChI=1S/C13H14O2/c14-12-5-6-15-13(9-12)7-10-3-1-2-4-11(10)8-13/h1-4H,5-9H2. The topological polar surface area (TPSA) is 26.3 Å². The average Bonchev–Trinajstić information content (AvgIpc) is 2.54. The molecule has 1 aromatic rings. The van der Waals surface area contributed by atoms with Gasteiger partial charge in [0.1, 0.15) is 5.78 Å². The SMILES string of the molecule is O=C1CCOC2(C1)Cc1ccccc1C2. The summed E-state index contributed by atoms with van der Waals surface area (Å²) in [6.07, 6.45) is 3.02. The Hall–Kier alpha value is -1.15. The lowest BCUT2D eigenvalue weighted by Crippen LogP contribution is -2.40. The zero-order valence-electron chi connectivity index (χ0n) is 8.66. The molecule has 0 amide bonds.